The van der Waals surface area contributed by atoms with Gasteiger partial charge in [0.25, 0.3) is 5.91 Å². The largest absolute Gasteiger partial charge is 0.384 e. The number of benzene rings is 4. The quantitative estimate of drug-likeness (QED) is 0.112. The molecule has 7 nitrogen and oxygen atoms in total. The van der Waals surface area contributed by atoms with Crippen LogP contribution in [0.5, 0.6) is 0 Å². The maximum atomic E-state index is 14.1. The van der Waals surface area contributed by atoms with Crippen molar-refractivity contribution in [3.05, 3.63) is 135 Å². The number of amidine groups is 1. The van der Waals surface area contributed by atoms with Crippen LogP contribution in [0.2, 0.25) is 5.02 Å². The van der Waals surface area contributed by atoms with Gasteiger partial charge in [0.2, 0.25) is 0 Å². The molecule has 1 heterocycles. The number of fused-ring (bicyclic) bond motifs is 1. The molecule has 0 saturated heterocycles. The molecule has 1 saturated carbocycles. The predicted molar refractivity (Wildman–Crippen MR) is 177 cm³/mol. The topological polar surface area (TPSA) is 114 Å². The highest BCUT2D eigenvalue weighted by molar-refractivity contribution is 6.30. The zero-order valence-electron chi connectivity index (χ0n) is 24.7. The van der Waals surface area contributed by atoms with Crippen LogP contribution in [0, 0.1) is 11.3 Å². The van der Waals surface area contributed by atoms with Crippen LogP contribution in [0.15, 0.2) is 91.0 Å². The Morgan fingerprint density at radius 2 is 1.43 bits per heavy atom. The molecule has 224 valence electrons. The van der Waals surface area contributed by atoms with Crippen molar-refractivity contribution >= 4 is 34.4 Å². The number of nitrogens with zero attached hydrogens (tertiary/aromatic N) is 3. The molecule has 4 aromatic carbocycles. The minimum Gasteiger partial charge on any atom is -0.384 e. The molecule has 44 heavy (non-hydrogen) atoms. The van der Waals surface area contributed by atoms with Crippen LogP contribution >= 0.6 is 11.6 Å². The smallest absolute Gasteiger partial charge is 0.254 e. The van der Waals surface area contributed by atoms with Crippen LogP contribution in [0.1, 0.15) is 56.8 Å². The van der Waals surface area contributed by atoms with E-state index in [0.29, 0.717) is 36.1 Å². The molecule has 0 bridgehead atoms. The molecule has 0 atom stereocenters. The lowest BCUT2D eigenvalue weighted by molar-refractivity contribution is 0.0730. The number of halogens is 1. The number of carbonyl (C=O) groups is 1. The molecular formula is C36H37ClN6O. The Morgan fingerprint density at radius 1 is 0.841 bits per heavy atom. The number of hydrogen-bond acceptors (Lipinski definition) is 4. The van der Waals surface area contributed by atoms with Gasteiger partial charge in [0.15, 0.2) is 0 Å². The first-order valence-corrected chi connectivity index (χ1v) is 15.5. The summed E-state index contributed by atoms with van der Waals surface area (Å²) in [4.78, 5) is 21.0. The first kappa shape index (κ1) is 29.6. The molecule has 1 amide bonds. The lowest BCUT2D eigenvalue weighted by Gasteiger charge is -2.23. The van der Waals surface area contributed by atoms with Crippen LogP contribution in [0.3, 0.4) is 0 Å². The molecule has 0 spiro atoms. The maximum absolute atomic E-state index is 14.1. The average molecular weight is 605 g/mol. The van der Waals surface area contributed by atoms with Crippen LogP contribution in [-0.2, 0) is 39.0 Å². The van der Waals surface area contributed by atoms with E-state index in [2.05, 4.69) is 10.6 Å². The van der Waals surface area contributed by atoms with Gasteiger partial charge in [-0.05, 0) is 77.8 Å². The number of amides is 1. The number of hydrogen-bond donors (Lipinski definition) is 3. The average Bonchev–Trinajstić information content (AvgIpc) is 3.80. The fraction of sp³-hybridized carbons (Fsp3) is 0.250. The van der Waals surface area contributed by atoms with Crippen molar-refractivity contribution in [2.75, 3.05) is 0 Å². The summed E-state index contributed by atoms with van der Waals surface area (Å²) in [7, 11) is 0. The second-order valence-electron chi connectivity index (χ2n) is 11.7. The van der Waals surface area contributed by atoms with Crippen molar-refractivity contribution in [1.82, 2.24) is 14.5 Å². The van der Waals surface area contributed by atoms with Crippen molar-refractivity contribution in [2.45, 2.75) is 51.9 Å². The van der Waals surface area contributed by atoms with E-state index in [-0.39, 0.29) is 11.7 Å². The van der Waals surface area contributed by atoms with Gasteiger partial charge in [0.05, 0.1) is 11.0 Å². The molecule has 0 radical (unpaired) electrons. The Balaban J connectivity index is 1.27. The molecule has 0 aliphatic heterocycles. The molecule has 1 aromatic heterocycles. The summed E-state index contributed by atoms with van der Waals surface area (Å²) in [5.41, 5.74) is 19.0. The van der Waals surface area contributed by atoms with Gasteiger partial charge in [-0.3, -0.25) is 10.2 Å². The van der Waals surface area contributed by atoms with E-state index in [4.69, 9.17) is 33.5 Å². The molecule has 6 rings (SSSR count). The van der Waals surface area contributed by atoms with Gasteiger partial charge in [-0.25, -0.2) is 4.98 Å². The first-order chi connectivity index (χ1) is 21.4. The number of imidazole rings is 1. The Bertz CT molecular complexity index is 1770. The fourth-order valence-electron chi connectivity index (χ4n) is 5.57. The van der Waals surface area contributed by atoms with Crippen molar-refractivity contribution in [3.8, 4) is 0 Å². The SMILES string of the molecule is N=C(N)c1ccc(CCc2nc3cc(C(=O)N(Cc4ccc(Cl)cc4)Cc4ccc(CN)cc4)ccc3n2CC2CC2)cc1. The monoisotopic (exact) mass is 604 g/mol. The molecule has 1 aliphatic carbocycles. The highest BCUT2D eigenvalue weighted by atomic mass is 35.5. The van der Waals surface area contributed by atoms with E-state index in [1.807, 2.05) is 89.8 Å². The van der Waals surface area contributed by atoms with E-state index >= 15 is 0 Å². The lowest BCUT2D eigenvalue weighted by Crippen LogP contribution is -2.30. The molecular weight excluding hydrogens is 568 g/mol. The highest BCUT2D eigenvalue weighted by Crippen LogP contribution is 2.33. The van der Waals surface area contributed by atoms with Crippen LogP contribution in [0.4, 0.5) is 0 Å². The molecule has 1 aliphatic rings. The molecule has 1 fully saturated rings. The van der Waals surface area contributed by atoms with Gasteiger partial charge in [0, 0.05) is 48.7 Å². The van der Waals surface area contributed by atoms with E-state index < -0.39 is 0 Å². The molecule has 8 heteroatoms. The van der Waals surface area contributed by atoms with Crippen molar-refractivity contribution < 1.29 is 4.79 Å². The molecule has 0 unspecified atom stereocenters. The van der Waals surface area contributed by atoms with E-state index in [0.717, 1.165) is 58.5 Å². The summed E-state index contributed by atoms with van der Waals surface area (Å²) in [6.45, 7) is 2.35. The Hall–Kier alpha value is -4.46. The number of rotatable bonds is 12. The third kappa shape index (κ3) is 7.01. The number of aryl methyl sites for hydroxylation is 2. The van der Waals surface area contributed by atoms with Crippen LogP contribution in [-0.4, -0.2) is 26.2 Å². The second kappa shape index (κ2) is 13.0. The fourth-order valence-corrected chi connectivity index (χ4v) is 5.69. The molecule has 5 N–H and O–H groups in total. The van der Waals surface area contributed by atoms with Crippen LogP contribution in [0.25, 0.3) is 11.0 Å². The van der Waals surface area contributed by atoms with Crippen molar-refractivity contribution in [1.29, 1.82) is 5.41 Å². The number of nitrogens with two attached hydrogens (primary N) is 2. The van der Waals surface area contributed by atoms with E-state index in [9.17, 15) is 4.79 Å². The summed E-state index contributed by atoms with van der Waals surface area (Å²) in [5.74, 6) is 1.74. The summed E-state index contributed by atoms with van der Waals surface area (Å²) in [6.07, 6.45) is 4.10. The van der Waals surface area contributed by atoms with Gasteiger partial charge in [-0.1, -0.05) is 72.3 Å². The van der Waals surface area contributed by atoms with Gasteiger partial charge >= 0.3 is 0 Å². The zero-order chi connectivity index (χ0) is 30.6. The normalized spacial score (nSPS) is 12.9. The number of carbonyl (C=O) groups excluding carboxylic acids is 1. The summed E-state index contributed by atoms with van der Waals surface area (Å²) >= 11 is 6.13. The minimum absolute atomic E-state index is 0.0476. The van der Waals surface area contributed by atoms with Gasteiger partial charge in [0.1, 0.15) is 11.7 Å². The van der Waals surface area contributed by atoms with Crippen LogP contribution < -0.4 is 11.5 Å². The Kier molecular flexibility index (Phi) is 8.77. The summed E-state index contributed by atoms with van der Waals surface area (Å²) in [5, 5.41) is 8.31. The highest BCUT2D eigenvalue weighted by Gasteiger charge is 2.25. The number of nitrogen functional groups attached to an aromatic ring is 1. The summed E-state index contributed by atoms with van der Waals surface area (Å²) < 4.78 is 2.34. The third-order valence-electron chi connectivity index (χ3n) is 8.32. The maximum Gasteiger partial charge on any atom is 0.254 e. The van der Waals surface area contributed by atoms with E-state index in [1.54, 1.807) is 0 Å². The van der Waals surface area contributed by atoms with Crippen molar-refractivity contribution in [3.63, 3.8) is 0 Å². The zero-order valence-corrected chi connectivity index (χ0v) is 25.4. The minimum atomic E-state index is -0.0476. The van der Waals surface area contributed by atoms with Gasteiger partial charge in [-0.2, -0.15) is 0 Å². The van der Waals surface area contributed by atoms with E-state index in [1.165, 1.54) is 18.4 Å². The summed E-state index contributed by atoms with van der Waals surface area (Å²) in [6, 6.07) is 29.5. The predicted octanol–water partition coefficient (Wildman–Crippen LogP) is 6.47. The molecule has 5 aromatic rings. The Labute approximate surface area is 263 Å². The van der Waals surface area contributed by atoms with Gasteiger partial charge < -0.3 is 20.9 Å². The number of nitrogens with one attached hydrogen (secondary N) is 1. The Morgan fingerprint density at radius 3 is 2.05 bits per heavy atom. The first-order valence-electron chi connectivity index (χ1n) is 15.1. The third-order valence-corrected chi connectivity index (χ3v) is 8.57. The second-order valence-corrected chi connectivity index (χ2v) is 12.1. The standard InChI is InChI=1S/C36H37ClN6O/c37-31-15-9-27(10-16-31)22-42(21-26-3-1-25(20-38)2-4-26)36(44)30-14-17-33-32(19-30)41-34(43(33)23-28-5-6-28)18-11-24-7-12-29(13-8-24)35(39)40/h1-4,7-10,12-17,19,28H,5-6,11,18,20-23,38H2,(H3,39,40). The number of aromatic nitrogens is 2. The van der Waals surface area contributed by atoms with Gasteiger partial charge in [-0.15, -0.1) is 0 Å². The lowest BCUT2D eigenvalue weighted by atomic mass is 10.1. The van der Waals surface area contributed by atoms with Crippen molar-refractivity contribution in [2.24, 2.45) is 17.4 Å².